The Hall–Kier alpha value is -2.76. The van der Waals surface area contributed by atoms with Crippen LogP contribution in [0.25, 0.3) is 21.9 Å². The van der Waals surface area contributed by atoms with Gasteiger partial charge in [0, 0.05) is 23.9 Å². The zero-order valence-electron chi connectivity index (χ0n) is 22.4. The maximum atomic E-state index is 11.5. The number of phenols is 1. The third-order valence-electron chi connectivity index (χ3n) is 9.02. The van der Waals surface area contributed by atoms with E-state index in [1.807, 2.05) is 6.07 Å². The molecule has 0 radical (unpaired) electrons. The minimum Gasteiger partial charge on any atom is -0.507 e. The van der Waals surface area contributed by atoms with Crippen LogP contribution in [0, 0.1) is 10.8 Å². The zero-order chi connectivity index (χ0) is 25.6. The van der Waals surface area contributed by atoms with Gasteiger partial charge in [-0.15, -0.1) is 0 Å². The van der Waals surface area contributed by atoms with Crippen molar-refractivity contribution in [1.82, 2.24) is 4.90 Å². The standard InChI is InChI=1S/C32H37NO4/c1-30(2)17-31(3,4)19-32(18-30)23-8-6-5-7-20(23)29-22-14-26-27(13-21(22)25(34)15-24(29)32)37-28(16-36-26)33-9-11-35-12-10-33/h5-8,13-15,28,34H,9-12,16-19H2,1-4H3. The van der Waals surface area contributed by atoms with Crippen molar-refractivity contribution in [3.8, 4) is 28.4 Å². The first kappa shape index (κ1) is 23.4. The number of hydrogen-bond donors (Lipinski definition) is 1. The summed E-state index contributed by atoms with van der Waals surface area (Å²) in [4.78, 5) is 2.27. The third kappa shape index (κ3) is 3.58. The number of morpholine rings is 1. The molecule has 5 heteroatoms. The van der Waals surface area contributed by atoms with Crippen LogP contribution in [0.15, 0.2) is 42.5 Å². The summed E-state index contributed by atoms with van der Waals surface area (Å²) in [6.45, 7) is 13.2. The zero-order valence-corrected chi connectivity index (χ0v) is 22.4. The molecule has 3 aromatic rings. The largest absolute Gasteiger partial charge is 0.507 e. The van der Waals surface area contributed by atoms with Crippen LogP contribution in [0.2, 0.25) is 0 Å². The van der Waals surface area contributed by atoms with Crippen LogP contribution in [0.4, 0.5) is 0 Å². The Labute approximate surface area is 219 Å². The van der Waals surface area contributed by atoms with E-state index in [9.17, 15) is 5.11 Å². The number of benzene rings is 3. The lowest BCUT2D eigenvalue weighted by Crippen LogP contribution is -2.50. The van der Waals surface area contributed by atoms with Gasteiger partial charge in [-0.3, -0.25) is 4.90 Å². The Morgan fingerprint density at radius 1 is 0.838 bits per heavy atom. The highest BCUT2D eigenvalue weighted by atomic mass is 16.6. The van der Waals surface area contributed by atoms with E-state index in [1.54, 1.807) is 0 Å². The molecule has 1 saturated heterocycles. The predicted octanol–water partition coefficient (Wildman–Crippen LogP) is 6.48. The summed E-state index contributed by atoms with van der Waals surface area (Å²) in [6, 6.07) is 15.0. The summed E-state index contributed by atoms with van der Waals surface area (Å²) < 4.78 is 18.2. The SMILES string of the molecule is CC1(C)CC(C)(C)CC2(C1)c1ccccc1-c1c2cc(O)c2cc3c(cc12)OCC(N1CCOCC1)O3. The molecule has 3 aromatic carbocycles. The maximum absolute atomic E-state index is 11.5. The van der Waals surface area contributed by atoms with Gasteiger partial charge in [0.05, 0.1) is 13.2 Å². The van der Waals surface area contributed by atoms with Crippen molar-refractivity contribution < 1.29 is 19.3 Å². The second kappa shape index (κ2) is 7.87. The number of aromatic hydroxyl groups is 1. The quantitative estimate of drug-likeness (QED) is 0.415. The number of fused-ring (bicyclic) bond motifs is 8. The van der Waals surface area contributed by atoms with Gasteiger partial charge in [0.2, 0.25) is 0 Å². The van der Waals surface area contributed by atoms with Gasteiger partial charge in [-0.2, -0.15) is 0 Å². The minimum absolute atomic E-state index is 0.114. The van der Waals surface area contributed by atoms with Gasteiger partial charge in [0.15, 0.2) is 17.7 Å². The molecule has 4 aliphatic rings. The van der Waals surface area contributed by atoms with E-state index in [0.29, 0.717) is 31.3 Å². The summed E-state index contributed by atoms with van der Waals surface area (Å²) >= 11 is 0. The summed E-state index contributed by atoms with van der Waals surface area (Å²) in [5, 5.41) is 13.4. The lowest BCUT2D eigenvalue weighted by molar-refractivity contribution is -0.0740. The average molecular weight is 500 g/mol. The van der Waals surface area contributed by atoms with Crippen LogP contribution < -0.4 is 9.47 Å². The first-order valence-corrected chi connectivity index (χ1v) is 13.7. The predicted molar refractivity (Wildman–Crippen MR) is 146 cm³/mol. The Morgan fingerprint density at radius 3 is 2.30 bits per heavy atom. The average Bonchev–Trinajstić information content (AvgIpc) is 3.10. The first-order valence-electron chi connectivity index (χ1n) is 13.7. The van der Waals surface area contributed by atoms with E-state index >= 15 is 0 Å². The fraction of sp³-hybridized carbons (Fsp3) is 0.500. The Kier molecular flexibility index (Phi) is 4.97. The molecule has 1 atom stereocenters. The van der Waals surface area contributed by atoms with Crippen molar-refractivity contribution in [2.45, 2.75) is 58.6 Å². The molecule has 0 aromatic heterocycles. The summed E-state index contributed by atoms with van der Waals surface area (Å²) in [5.74, 6) is 1.78. The summed E-state index contributed by atoms with van der Waals surface area (Å²) in [7, 11) is 0. The number of ether oxygens (including phenoxy) is 3. The van der Waals surface area contributed by atoms with Crippen molar-refractivity contribution in [3.63, 3.8) is 0 Å². The highest BCUT2D eigenvalue weighted by molar-refractivity contribution is 6.06. The van der Waals surface area contributed by atoms with Crippen LogP contribution >= 0.6 is 0 Å². The van der Waals surface area contributed by atoms with Crippen LogP contribution in [-0.4, -0.2) is 49.1 Å². The van der Waals surface area contributed by atoms with Crippen LogP contribution in [0.1, 0.15) is 58.1 Å². The molecule has 1 unspecified atom stereocenters. The Morgan fingerprint density at radius 2 is 1.54 bits per heavy atom. The van der Waals surface area contributed by atoms with Crippen molar-refractivity contribution in [3.05, 3.63) is 53.6 Å². The molecular weight excluding hydrogens is 462 g/mol. The molecule has 1 saturated carbocycles. The van der Waals surface area contributed by atoms with E-state index in [1.165, 1.54) is 28.7 Å². The van der Waals surface area contributed by atoms with Crippen molar-refractivity contribution in [2.24, 2.45) is 10.8 Å². The highest BCUT2D eigenvalue weighted by Crippen LogP contribution is 2.65. The van der Waals surface area contributed by atoms with Gasteiger partial charge in [-0.1, -0.05) is 52.0 Å². The monoisotopic (exact) mass is 499 g/mol. The molecule has 0 bridgehead atoms. The number of phenolic OH excluding ortho intramolecular Hbond substituents is 1. The van der Waals surface area contributed by atoms with E-state index in [4.69, 9.17) is 14.2 Å². The van der Waals surface area contributed by atoms with E-state index in [2.05, 4.69) is 69.0 Å². The molecule has 1 spiro atoms. The third-order valence-corrected chi connectivity index (χ3v) is 9.02. The van der Waals surface area contributed by atoms with Crippen molar-refractivity contribution >= 4 is 10.8 Å². The van der Waals surface area contributed by atoms with E-state index in [0.717, 1.165) is 42.5 Å². The molecule has 1 N–H and O–H groups in total. The van der Waals surface area contributed by atoms with Crippen molar-refractivity contribution in [1.29, 1.82) is 0 Å². The first-order chi connectivity index (χ1) is 17.7. The van der Waals surface area contributed by atoms with Gasteiger partial charge in [-0.05, 0) is 75.9 Å². The van der Waals surface area contributed by atoms with Crippen LogP contribution in [0.3, 0.4) is 0 Å². The Bertz CT molecular complexity index is 1390. The normalized spacial score (nSPS) is 25.1. The van der Waals surface area contributed by atoms with E-state index < -0.39 is 0 Å². The lowest BCUT2D eigenvalue weighted by Gasteiger charge is -2.51. The van der Waals surface area contributed by atoms with Crippen LogP contribution in [0.5, 0.6) is 17.2 Å². The number of rotatable bonds is 1. The molecule has 194 valence electrons. The Balaban J connectivity index is 1.40. The molecule has 2 fully saturated rings. The molecular formula is C32H37NO4. The summed E-state index contributed by atoms with van der Waals surface area (Å²) in [6.07, 6.45) is 3.21. The van der Waals surface area contributed by atoms with Gasteiger partial charge < -0.3 is 19.3 Å². The summed E-state index contributed by atoms with van der Waals surface area (Å²) in [5.41, 5.74) is 5.49. The van der Waals surface area contributed by atoms with Crippen LogP contribution in [-0.2, 0) is 10.2 Å². The maximum Gasteiger partial charge on any atom is 0.187 e. The van der Waals surface area contributed by atoms with Gasteiger partial charge in [0.1, 0.15) is 12.4 Å². The topological polar surface area (TPSA) is 51.2 Å². The molecule has 2 aliphatic carbocycles. The molecule has 2 aliphatic heterocycles. The lowest BCUT2D eigenvalue weighted by atomic mass is 9.52. The minimum atomic E-state index is -0.138. The smallest absolute Gasteiger partial charge is 0.187 e. The fourth-order valence-electron chi connectivity index (χ4n) is 8.43. The van der Waals surface area contributed by atoms with Gasteiger partial charge >= 0.3 is 0 Å². The van der Waals surface area contributed by atoms with Gasteiger partial charge in [0.25, 0.3) is 0 Å². The fourth-order valence-corrected chi connectivity index (χ4v) is 8.43. The van der Waals surface area contributed by atoms with E-state index in [-0.39, 0.29) is 22.5 Å². The van der Waals surface area contributed by atoms with Gasteiger partial charge in [-0.25, -0.2) is 0 Å². The molecule has 2 heterocycles. The highest BCUT2D eigenvalue weighted by Gasteiger charge is 2.53. The molecule has 37 heavy (non-hydrogen) atoms. The number of hydrogen-bond acceptors (Lipinski definition) is 5. The second-order valence-corrected chi connectivity index (χ2v) is 13.2. The molecule has 5 nitrogen and oxygen atoms in total. The molecule has 0 amide bonds. The second-order valence-electron chi connectivity index (χ2n) is 13.2. The van der Waals surface area contributed by atoms with Crippen molar-refractivity contribution in [2.75, 3.05) is 32.9 Å². The molecule has 7 rings (SSSR count). The number of nitrogens with zero attached hydrogens (tertiary/aromatic N) is 1.